The fraction of sp³-hybridized carbons (Fsp3) is 0. The predicted molar refractivity (Wildman–Crippen MR) is 58.5 cm³/mol. The molecule has 0 N–H and O–H groups in total. The van der Waals surface area contributed by atoms with E-state index in [-0.39, 0.29) is 32.7 Å². The van der Waals surface area contributed by atoms with Gasteiger partial charge in [-0.3, -0.25) is 0 Å². The van der Waals surface area contributed by atoms with Crippen LogP contribution in [0, 0.1) is 12.1 Å². The van der Waals surface area contributed by atoms with Gasteiger partial charge in [0.2, 0.25) is 0 Å². The molecule has 15 heavy (non-hydrogen) atoms. The molecule has 0 aliphatic rings. The summed E-state index contributed by atoms with van der Waals surface area (Å²) in [5, 5.41) is 0. The summed E-state index contributed by atoms with van der Waals surface area (Å²) in [6.45, 7) is 0. The fourth-order valence-corrected chi connectivity index (χ4v) is 1.19. The number of hydrogen-bond acceptors (Lipinski definition) is 0. The van der Waals surface area contributed by atoms with Crippen LogP contribution in [0.5, 0.6) is 0 Å². The summed E-state index contributed by atoms with van der Waals surface area (Å²) in [4.78, 5) is 0. The molecule has 0 saturated carbocycles. The number of rotatable bonds is 2. The van der Waals surface area contributed by atoms with Crippen LogP contribution in [0.3, 0.4) is 0 Å². The van der Waals surface area contributed by atoms with Crippen LogP contribution in [0.25, 0.3) is 6.08 Å². The van der Waals surface area contributed by atoms with Crippen LogP contribution in [0.2, 0.25) is 0 Å². The van der Waals surface area contributed by atoms with Crippen molar-refractivity contribution in [2.45, 2.75) is 0 Å². The van der Waals surface area contributed by atoms with Crippen LogP contribution in [0.4, 0.5) is 0 Å². The molecule has 0 heterocycles. The molecule has 0 aliphatic carbocycles. The largest absolute Gasteiger partial charge is 0.224 e. The third-order valence-electron chi connectivity index (χ3n) is 1.90. The summed E-state index contributed by atoms with van der Waals surface area (Å²) < 4.78 is 0. The van der Waals surface area contributed by atoms with Crippen molar-refractivity contribution in [1.29, 1.82) is 0 Å². The van der Waals surface area contributed by atoms with Crippen LogP contribution in [0.15, 0.2) is 54.6 Å². The smallest absolute Gasteiger partial charge is 0 e. The summed E-state index contributed by atoms with van der Waals surface area (Å²) >= 11 is 0. The molecule has 1 heteroatoms. The van der Waals surface area contributed by atoms with E-state index in [1.165, 1.54) is 0 Å². The van der Waals surface area contributed by atoms with Crippen molar-refractivity contribution >= 4 is 6.08 Å². The van der Waals surface area contributed by atoms with E-state index >= 15 is 0 Å². The summed E-state index contributed by atoms with van der Waals surface area (Å²) in [7, 11) is 0. The Morgan fingerprint density at radius 3 is 2.33 bits per heavy atom. The van der Waals surface area contributed by atoms with Crippen molar-refractivity contribution in [2.24, 2.45) is 0 Å². The number of benzene rings is 2. The van der Waals surface area contributed by atoms with Crippen molar-refractivity contribution in [3.63, 3.8) is 0 Å². The molecule has 71 valence electrons. The summed E-state index contributed by atoms with van der Waals surface area (Å²) in [6, 6.07) is 21.0. The molecule has 0 nitrogen and oxygen atoms in total. The molecule has 1 radical (unpaired) electrons. The van der Waals surface area contributed by atoms with E-state index in [1.807, 2.05) is 60.7 Å². The maximum Gasteiger partial charge on any atom is 0 e. The van der Waals surface area contributed by atoms with Gasteiger partial charge < -0.3 is 0 Å². The first-order chi connectivity index (χ1) is 6.95. The second-order valence-electron chi connectivity index (χ2n) is 2.97. The Bertz CT molecular complexity index is 362. The molecule has 0 spiro atoms. The maximum absolute atomic E-state index is 3.20. The van der Waals surface area contributed by atoms with Crippen LogP contribution in [-0.4, -0.2) is 0 Å². The SMILES string of the molecule is [C-](=Cc1[c-]cccc1)c1ccccc1.[Y]. The van der Waals surface area contributed by atoms with E-state index in [0.717, 1.165) is 11.1 Å². The average Bonchev–Trinajstić information content (AvgIpc) is 2.29. The van der Waals surface area contributed by atoms with Crippen LogP contribution in [0.1, 0.15) is 11.1 Å². The summed E-state index contributed by atoms with van der Waals surface area (Å²) in [6.07, 6.45) is 5.14. The Morgan fingerprint density at radius 1 is 0.933 bits per heavy atom. The van der Waals surface area contributed by atoms with Gasteiger partial charge in [-0.25, -0.2) is 11.6 Å². The molecule has 2 aromatic carbocycles. The van der Waals surface area contributed by atoms with Gasteiger partial charge in [0, 0.05) is 32.7 Å². The second-order valence-corrected chi connectivity index (χ2v) is 2.97. The van der Waals surface area contributed by atoms with Crippen molar-refractivity contribution < 1.29 is 32.7 Å². The molecule has 2 aromatic rings. The van der Waals surface area contributed by atoms with Crippen LogP contribution < -0.4 is 0 Å². The van der Waals surface area contributed by atoms with Gasteiger partial charge in [-0.05, 0) is 0 Å². The van der Waals surface area contributed by atoms with Gasteiger partial charge in [0.1, 0.15) is 0 Å². The monoisotopic (exact) mass is 267 g/mol. The first-order valence-electron chi connectivity index (χ1n) is 4.57. The topological polar surface area (TPSA) is 0 Å². The van der Waals surface area contributed by atoms with Crippen molar-refractivity contribution in [3.05, 3.63) is 77.9 Å². The Labute approximate surface area is 116 Å². The normalized spacial score (nSPS) is 9.87. The summed E-state index contributed by atoms with van der Waals surface area (Å²) in [5.41, 5.74) is 2.14. The standard InChI is InChI=1S/C14H10.Y/c1-3-7-13(8-4-1)11-12-14-9-5-2-6-10-14;/h1-9,12H;/q-2;. The van der Waals surface area contributed by atoms with Gasteiger partial charge in [-0.1, -0.05) is 6.07 Å². The molecule has 0 bridgehead atoms. The average molecular weight is 267 g/mol. The minimum absolute atomic E-state index is 0. The van der Waals surface area contributed by atoms with Crippen molar-refractivity contribution in [2.75, 3.05) is 0 Å². The van der Waals surface area contributed by atoms with Crippen molar-refractivity contribution in [3.8, 4) is 0 Å². The van der Waals surface area contributed by atoms with Crippen LogP contribution in [-0.2, 0) is 32.7 Å². The predicted octanol–water partition coefficient (Wildman–Crippen LogP) is 3.35. The minimum atomic E-state index is 0. The van der Waals surface area contributed by atoms with Gasteiger partial charge in [-0.2, -0.15) is 35.9 Å². The maximum atomic E-state index is 3.20. The Morgan fingerprint density at radius 2 is 1.67 bits per heavy atom. The molecular weight excluding hydrogens is 257 g/mol. The molecular formula is C14H10Y-2. The van der Waals surface area contributed by atoms with E-state index in [1.54, 1.807) is 0 Å². The fourth-order valence-electron chi connectivity index (χ4n) is 1.19. The summed E-state index contributed by atoms with van der Waals surface area (Å²) in [5.74, 6) is 0. The Balaban J connectivity index is 0.00000112. The number of hydrogen-bond donors (Lipinski definition) is 0. The third kappa shape index (κ3) is 4.11. The van der Waals surface area contributed by atoms with Gasteiger partial charge in [0.15, 0.2) is 0 Å². The van der Waals surface area contributed by atoms with E-state index < -0.39 is 0 Å². The van der Waals surface area contributed by atoms with Crippen LogP contribution >= 0.6 is 0 Å². The van der Waals surface area contributed by atoms with Gasteiger partial charge in [-0.15, -0.1) is 30.3 Å². The molecule has 0 amide bonds. The molecule has 0 unspecified atom stereocenters. The van der Waals surface area contributed by atoms with Gasteiger partial charge in [0.05, 0.1) is 0 Å². The van der Waals surface area contributed by atoms with Gasteiger partial charge >= 0.3 is 0 Å². The molecule has 0 saturated heterocycles. The second kappa shape index (κ2) is 6.71. The minimum Gasteiger partial charge on any atom is -0.224 e. The van der Waals surface area contributed by atoms with Crippen molar-refractivity contribution in [1.82, 2.24) is 0 Å². The van der Waals surface area contributed by atoms with E-state index in [2.05, 4.69) is 12.1 Å². The zero-order valence-corrected chi connectivity index (χ0v) is 11.2. The van der Waals surface area contributed by atoms with E-state index in [4.69, 9.17) is 0 Å². The van der Waals surface area contributed by atoms with Gasteiger partial charge in [0.25, 0.3) is 0 Å². The van der Waals surface area contributed by atoms with E-state index in [9.17, 15) is 0 Å². The Hall–Kier alpha value is -0.716. The first kappa shape index (κ1) is 12.4. The quantitative estimate of drug-likeness (QED) is 0.578. The Kier molecular flexibility index (Phi) is 5.53. The van der Waals surface area contributed by atoms with E-state index in [0.29, 0.717) is 0 Å². The first-order valence-corrected chi connectivity index (χ1v) is 4.57. The molecule has 0 fully saturated rings. The molecule has 0 aromatic heterocycles. The zero-order valence-electron chi connectivity index (χ0n) is 8.35. The zero-order chi connectivity index (χ0) is 9.64. The molecule has 0 atom stereocenters. The molecule has 0 aliphatic heterocycles. The third-order valence-corrected chi connectivity index (χ3v) is 1.90. The molecule has 2 rings (SSSR count).